The number of rotatable bonds is 5. The van der Waals surface area contributed by atoms with Crippen LogP contribution in [0.2, 0.25) is 0 Å². The predicted octanol–water partition coefficient (Wildman–Crippen LogP) is 0.820. The summed E-state index contributed by atoms with van der Waals surface area (Å²) in [5.41, 5.74) is 1.19. The Morgan fingerprint density at radius 2 is 2.09 bits per heavy atom. The van der Waals surface area contributed by atoms with Gasteiger partial charge in [0.1, 0.15) is 12.4 Å². The zero-order valence-electron chi connectivity index (χ0n) is 13.3. The van der Waals surface area contributed by atoms with Crippen LogP contribution >= 0.6 is 0 Å². The minimum absolute atomic E-state index is 0.0460. The van der Waals surface area contributed by atoms with Gasteiger partial charge < -0.3 is 14.6 Å². The van der Waals surface area contributed by atoms with E-state index in [9.17, 15) is 0 Å². The van der Waals surface area contributed by atoms with Gasteiger partial charge in [0.15, 0.2) is 0 Å². The number of benzene rings is 1. The second-order valence-corrected chi connectivity index (χ2v) is 6.37. The number of hydrogen-bond acceptors (Lipinski definition) is 5. The van der Waals surface area contributed by atoms with E-state index >= 15 is 0 Å². The average molecular weight is 306 g/mol. The lowest BCUT2D eigenvalue weighted by atomic mass is 10.1. The summed E-state index contributed by atoms with van der Waals surface area (Å²) in [6, 6.07) is 8.61. The molecule has 22 heavy (non-hydrogen) atoms. The molecule has 2 saturated heterocycles. The van der Waals surface area contributed by atoms with Crippen LogP contribution in [0.15, 0.2) is 24.3 Å². The summed E-state index contributed by atoms with van der Waals surface area (Å²) in [4.78, 5) is 4.95. The Hall–Kier alpha value is -1.14. The van der Waals surface area contributed by atoms with E-state index in [-0.39, 0.29) is 6.61 Å². The molecule has 2 aliphatic heterocycles. The van der Waals surface area contributed by atoms with Crippen LogP contribution in [0.3, 0.4) is 0 Å². The maximum atomic E-state index is 8.96. The SMILES string of the molecule is CN1C[C@H]2COC[C@@H]1CN(Cc1ccccc1OCCO)C2. The fourth-order valence-electron chi connectivity index (χ4n) is 3.45. The zero-order valence-corrected chi connectivity index (χ0v) is 13.3. The quantitative estimate of drug-likeness (QED) is 0.873. The molecule has 0 radical (unpaired) electrons. The Labute approximate surface area is 132 Å². The Morgan fingerprint density at radius 3 is 2.95 bits per heavy atom. The van der Waals surface area contributed by atoms with Crippen LogP contribution < -0.4 is 4.74 Å². The van der Waals surface area contributed by atoms with Gasteiger partial charge in [-0.1, -0.05) is 18.2 Å². The van der Waals surface area contributed by atoms with E-state index in [4.69, 9.17) is 14.6 Å². The van der Waals surface area contributed by atoms with E-state index in [1.807, 2.05) is 12.1 Å². The van der Waals surface area contributed by atoms with Crippen molar-refractivity contribution >= 4 is 0 Å². The molecular formula is C17H26N2O3. The number of para-hydroxylation sites is 1. The number of nitrogens with zero attached hydrogens (tertiary/aromatic N) is 2. The highest BCUT2D eigenvalue weighted by molar-refractivity contribution is 5.33. The monoisotopic (exact) mass is 306 g/mol. The number of aliphatic hydroxyl groups is 1. The number of likely N-dealkylation sites (N-methyl/N-ethyl adjacent to an activating group) is 1. The number of hydrogen-bond donors (Lipinski definition) is 1. The number of fused-ring (bicyclic) bond motifs is 3. The molecule has 5 heteroatoms. The van der Waals surface area contributed by atoms with E-state index in [1.165, 1.54) is 5.56 Å². The van der Waals surface area contributed by atoms with Gasteiger partial charge in [-0.25, -0.2) is 0 Å². The number of aliphatic hydroxyl groups excluding tert-OH is 1. The van der Waals surface area contributed by atoms with Crippen molar-refractivity contribution < 1.29 is 14.6 Å². The molecule has 0 aromatic heterocycles. The molecule has 1 N–H and O–H groups in total. The van der Waals surface area contributed by atoms with Crippen LogP contribution in [0, 0.1) is 5.92 Å². The van der Waals surface area contributed by atoms with E-state index < -0.39 is 0 Å². The Bertz CT molecular complexity index is 483. The summed E-state index contributed by atoms with van der Waals surface area (Å²) >= 11 is 0. The molecule has 2 bridgehead atoms. The molecule has 1 aromatic carbocycles. The molecule has 5 nitrogen and oxygen atoms in total. The normalized spacial score (nSPS) is 26.6. The lowest BCUT2D eigenvalue weighted by Crippen LogP contribution is -2.41. The van der Waals surface area contributed by atoms with Gasteiger partial charge in [-0.2, -0.15) is 0 Å². The van der Waals surface area contributed by atoms with E-state index in [0.29, 0.717) is 18.6 Å². The maximum Gasteiger partial charge on any atom is 0.123 e. The first kappa shape index (κ1) is 15.7. The molecule has 0 aliphatic carbocycles. The number of ether oxygens (including phenoxy) is 2. The van der Waals surface area contributed by atoms with Crippen LogP contribution in [0.4, 0.5) is 0 Å². The minimum atomic E-state index is 0.0460. The molecule has 2 heterocycles. The molecule has 3 rings (SSSR count). The molecule has 1 aromatic rings. The maximum absolute atomic E-state index is 8.96. The average Bonchev–Trinajstić information content (AvgIpc) is 2.75. The molecule has 2 atom stereocenters. The van der Waals surface area contributed by atoms with Gasteiger partial charge in [0.2, 0.25) is 0 Å². The second kappa shape index (κ2) is 7.42. The third-order valence-corrected chi connectivity index (χ3v) is 4.53. The Kier molecular flexibility index (Phi) is 5.31. The van der Waals surface area contributed by atoms with Gasteiger partial charge in [0, 0.05) is 43.7 Å². The highest BCUT2D eigenvalue weighted by Gasteiger charge is 2.31. The first-order chi connectivity index (χ1) is 10.8. The molecule has 2 fully saturated rings. The molecule has 0 saturated carbocycles. The van der Waals surface area contributed by atoms with Crippen molar-refractivity contribution in [1.29, 1.82) is 0 Å². The highest BCUT2D eigenvalue weighted by atomic mass is 16.5. The molecule has 0 unspecified atom stereocenters. The summed E-state index contributed by atoms with van der Waals surface area (Å²) in [5.74, 6) is 1.46. The van der Waals surface area contributed by atoms with Crippen molar-refractivity contribution in [3.63, 3.8) is 0 Å². The van der Waals surface area contributed by atoms with Crippen molar-refractivity contribution in [3.05, 3.63) is 29.8 Å². The molecule has 2 aliphatic rings. The third-order valence-electron chi connectivity index (χ3n) is 4.53. The van der Waals surface area contributed by atoms with Gasteiger partial charge in [0.25, 0.3) is 0 Å². The van der Waals surface area contributed by atoms with E-state index in [1.54, 1.807) is 0 Å². The van der Waals surface area contributed by atoms with E-state index in [0.717, 1.165) is 45.1 Å². The molecular weight excluding hydrogens is 280 g/mol. The summed E-state index contributed by atoms with van der Waals surface area (Å²) in [5, 5.41) is 8.96. The van der Waals surface area contributed by atoms with Crippen LogP contribution in [0.5, 0.6) is 5.75 Å². The summed E-state index contributed by atoms with van der Waals surface area (Å²) in [6.45, 7) is 6.18. The van der Waals surface area contributed by atoms with Gasteiger partial charge in [0.05, 0.1) is 19.8 Å². The van der Waals surface area contributed by atoms with E-state index in [2.05, 4.69) is 29.0 Å². The van der Waals surface area contributed by atoms with Crippen LogP contribution in [-0.4, -0.2) is 74.1 Å². The standard InChI is InChI=1S/C17H26N2O3/c1-18-8-14-9-19(11-16(18)13-21-12-14)10-15-4-2-3-5-17(15)22-7-6-20/h2-5,14,16,20H,6-13H2,1H3/t14-,16+/m1/s1. The second-order valence-electron chi connectivity index (χ2n) is 6.37. The van der Waals surface area contributed by atoms with Gasteiger partial charge >= 0.3 is 0 Å². The Balaban J connectivity index is 1.70. The lowest BCUT2D eigenvalue weighted by Gasteiger charge is -2.30. The Morgan fingerprint density at radius 1 is 1.23 bits per heavy atom. The molecule has 0 spiro atoms. The molecule has 0 amide bonds. The van der Waals surface area contributed by atoms with Gasteiger partial charge in [-0.3, -0.25) is 9.80 Å². The topological polar surface area (TPSA) is 45.2 Å². The minimum Gasteiger partial charge on any atom is -0.491 e. The van der Waals surface area contributed by atoms with Crippen LogP contribution in [-0.2, 0) is 11.3 Å². The summed E-state index contributed by atoms with van der Waals surface area (Å²) < 4.78 is 11.4. The van der Waals surface area contributed by atoms with Crippen LogP contribution in [0.1, 0.15) is 5.56 Å². The fourth-order valence-corrected chi connectivity index (χ4v) is 3.45. The smallest absolute Gasteiger partial charge is 0.123 e. The third kappa shape index (κ3) is 3.79. The van der Waals surface area contributed by atoms with Gasteiger partial charge in [-0.05, 0) is 13.1 Å². The van der Waals surface area contributed by atoms with Crippen molar-refractivity contribution in [1.82, 2.24) is 9.80 Å². The fraction of sp³-hybridized carbons (Fsp3) is 0.647. The zero-order chi connectivity index (χ0) is 15.4. The van der Waals surface area contributed by atoms with Crippen molar-refractivity contribution in [3.8, 4) is 5.75 Å². The van der Waals surface area contributed by atoms with Crippen LogP contribution in [0.25, 0.3) is 0 Å². The predicted molar refractivity (Wildman–Crippen MR) is 85.0 cm³/mol. The van der Waals surface area contributed by atoms with Gasteiger partial charge in [-0.15, -0.1) is 0 Å². The summed E-state index contributed by atoms with van der Waals surface area (Å²) in [6.07, 6.45) is 0. The van der Waals surface area contributed by atoms with Crippen molar-refractivity contribution in [2.75, 3.05) is 53.1 Å². The summed E-state index contributed by atoms with van der Waals surface area (Å²) in [7, 11) is 2.20. The molecule has 122 valence electrons. The first-order valence-electron chi connectivity index (χ1n) is 8.08. The van der Waals surface area contributed by atoms with Crippen molar-refractivity contribution in [2.45, 2.75) is 12.6 Å². The largest absolute Gasteiger partial charge is 0.491 e. The highest BCUT2D eigenvalue weighted by Crippen LogP contribution is 2.24. The van der Waals surface area contributed by atoms with Crippen molar-refractivity contribution in [2.24, 2.45) is 5.92 Å². The first-order valence-corrected chi connectivity index (χ1v) is 8.08. The lowest BCUT2D eigenvalue weighted by molar-refractivity contribution is 0.0513.